The summed E-state index contributed by atoms with van der Waals surface area (Å²) in [6, 6.07) is 6.43. The Morgan fingerprint density at radius 1 is 0.933 bits per heavy atom. The Kier molecular flexibility index (Phi) is 8.11. The summed E-state index contributed by atoms with van der Waals surface area (Å²) in [5, 5.41) is 0. The monoisotopic (exact) mass is 416 g/mol. The highest BCUT2D eigenvalue weighted by Crippen LogP contribution is 2.27. The third-order valence-corrected chi connectivity index (χ3v) is 5.98. The van der Waals surface area contributed by atoms with E-state index in [4.69, 9.17) is 9.47 Å². The molecule has 164 valence electrons. The Morgan fingerprint density at radius 3 is 2.20 bits per heavy atom. The number of amides is 2. The zero-order valence-electron chi connectivity index (χ0n) is 17.8. The van der Waals surface area contributed by atoms with E-state index in [1.54, 1.807) is 36.1 Å². The van der Waals surface area contributed by atoms with Crippen LogP contribution in [0.2, 0.25) is 0 Å². The van der Waals surface area contributed by atoms with Crippen molar-refractivity contribution in [2.45, 2.75) is 51.9 Å². The molecular formula is C23H32N2O5. The summed E-state index contributed by atoms with van der Waals surface area (Å²) < 4.78 is 9.74. The van der Waals surface area contributed by atoms with Crippen molar-refractivity contribution in [3.05, 3.63) is 29.8 Å². The minimum atomic E-state index is -0.763. The Labute approximate surface area is 178 Å². The average Bonchev–Trinajstić information content (AvgIpc) is 2.78. The molecular weight excluding hydrogens is 384 g/mol. The van der Waals surface area contributed by atoms with Crippen LogP contribution in [0.1, 0.15) is 62.2 Å². The van der Waals surface area contributed by atoms with E-state index in [1.165, 1.54) is 32.1 Å². The molecule has 1 aromatic rings. The molecule has 2 fully saturated rings. The minimum Gasteiger partial charge on any atom is -0.434 e. The zero-order valence-corrected chi connectivity index (χ0v) is 17.8. The standard InChI is InChI=1S/C23H32N2O5/c1-2-29-23(28)30-20-11-9-19(10-12-20)22(27)25-16-14-24(15-17-25)21(26)13-8-18-6-4-3-5-7-18/h9-12,18H,2-8,13-17H2,1H3. The molecule has 30 heavy (non-hydrogen) atoms. The van der Waals surface area contributed by atoms with Gasteiger partial charge in [-0.3, -0.25) is 9.59 Å². The van der Waals surface area contributed by atoms with Crippen molar-refractivity contribution in [1.82, 2.24) is 9.80 Å². The van der Waals surface area contributed by atoms with E-state index in [2.05, 4.69) is 0 Å². The first-order valence-corrected chi connectivity index (χ1v) is 11.1. The molecule has 0 atom stereocenters. The van der Waals surface area contributed by atoms with E-state index in [9.17, 15) is 14.4 Å². The van der Waals surface area contributed by atoms with Gasteiger partial charge in [0.1, 0.15) is 5.75 Å². The van der Waals surface area contributed by atoms with E-state index in [-0.39, 0.29) is 18.4 Å². The fourth-order valence-electron chi connectivity index (χ4n) is 4.21. The van der Waals surface area contributed by atoms with Crippen molar-refractivity contribution in [2.75, 3.05) is 32.8 Å². The Hall–Kier alpha value is -2.57. The van der Waals surface area contributed by atoms with Crippen LogP contribution in [0.5, 0.6) is 5.75 Å². The van der Waals surface area contributed by atoms with Crippen molar-refractivity contribution < 1.29 is 23.9 Å². The van der Waals surface area contributed by atoms with Crippen LogP contribution >= 0.6 is 0 Å². The maximum atomic E-state index is 12.7. The molecule has 7 nitrogen and oxygen atoms in total. The number of benzene rings is 1. The number of hydrogen-bond donors (Lipinski definition) is 0. The van der Waals surface area contributed by atoms with Gasteiger partial charge in [-0.1, -0.05) is 32.1 Å². The van der Waals surface area contributed by atoms with Crippen LogP contribution in [0, 0.1) is 5.92 Å². The van der Waals surface area contributed by atoms with Gasteiger partial charge in [-0.05, 0) is 43.5 Å². The van der Waals surface area contributed by atoms with Gasteiger partial charge in [0.05, 0.1) is 6.61 Å². The van der Waals surface area contributed by atoms with Gasteiger partial charge in [0.15, 0.2) is 0 Å². The molecule has 0 unspecified atom stereocenters. The van der Waals surface area contributed by atoms with Gasteiger partial charge in [0, 0.05) is 38.2 Å². The summed E-state index contributed by atoms with van der Waals surface area (Å²) in [4.78, 5) is 40.3. The lowest BCUT2D eigenvalue weighted by Crippen LogP contribution is -2.50. The van der Waals surface area contributed by atoms with Gasteiger partial charge >= 0.3 is 6.16 Å². The predicted octanol–water partition coefficient (Wildman–Crippen LogP) is 3.87. The van der Waals surface area contributed by atoms with Crippen molar-refractivity contribution >= 4 is 18.0 Å². The van der Waals surface area contributed by atoms with Gasteiger partial charge in [0.25, 0.3) is 5.91 Å². The highest BCUT2D eigenvalue weighted by molar-refractivity contribution is 5.94. The molecule has 1 saturated heterocycles. The van der Waals surface area contributed by atoms with Crippen molar-refractivity contribution in [3.63, 3.8) is 0 Å². The van der Waals surface area contributed by atoms with Crippen LogP contribution in [0.25, 0.3) is 0 Å². The van der Waals surface area contributed by atoms with E-state index in [0.717, 1.165) is 6.42 Å². The second kappa shape index (κ2) is 11.0. The van der Waals surface area contributed by atoms with Crippen molar-refractivity contribution in [2.24, 2.45) is 5.92 Å². The quantitative estimate of drug-likeness (QED) is 0.520. The third kappa shape index (κ3) is 6.21. The molecule has 1 aliphatic heterocycles. The lowest BCUT2D eigenvalue weighted by atomic mass is 9.86. The molecule has 1 heterocycles. The molecule has 7 heteroatoms. The van der Waals surface area contributed by atoms with E-state index in [1.807, 2.05) is 4.90 Å². The fraction of sp³-hybridized carbons (Fsp3) is 0.609. The summed E-state index contributed by atoms with van der Waals surface area (Å²) in [5.74, 6) is 1.18. The molecule has 0 spiro atoms. The van der Waals surface area contributed by atoms with E-state index < -0.39 is 6.16 Å². The maximum absolute atomic E-state index is 12.7. The number of carbonyl (C=O) groups is 3. The number of ether oxygens (including phenoxy) is 2. The topological polar surface area (TPSA) is 76.2 Å². The first-order valence-electron chi connectivity index (χ1n) is 11.1. The van der Waals surface area contributed by atoms with Crippen molar-refractivity contribution in [1.29, 1.82) is 0 Å². The van der Waals surface area contributed by atoms with Gasteiger partial charge in [-0.2, -0.15) is 0 Å². The van der Waals surface area contributed by atoms with Crippen molar-refractivity contribution in [3.8, 4) is 5.75 Å². The van der Waals surface area contributed by atoms with Crippen LogP contribution in [0.3, 0.4) is 0 Å². The first-order chi connectivity index (χ1) is 14.6. The SMILES string of the molecule is CCOC(=O)Oc1ccc(C(=O)N2CCN(C(=O)CCC3CCCCC3)CC2)cc1. The molecule has 0 aromatic heterocycles. The summed E-state index contributed by atoms with van der Waals surface area (Å²) in [6.07, 6.45) is 7.32. The third-order valence-electron chi connectivity index (χ3n) is 5.98. The van der Waals surface area contributed by atoms with Crippen LogP contribution in [-0.2, 0) is 9.53 Å². The summed E-state index contributed by atoms with van der Waals surface area (Å²) >= 11 is 0. The molecule has 2 aliphatic rings. The molecule has 1 saturated carbocycles. The lowest BCUT2D eigenvalue weighted by Gasteiger charge is -2.35. The largest absolute Gasteiger partial charge is 0.513 e. The van der Waals surface area contributed by atoms with E-state index >= 15 is 0 Å². The molecule has 0 radical (unpaired) electrons. The van der Waals surface area contributed by atoms with Crippen LogP contribution in [0.15, 0.2) is 24.3 Å². The second-order valence-corrected chi connectivity index (χ2v) is 8.03. The number of nitrogens with zero attached hydrogens (tertiary/aromatic N) is 2. The Balaban J connectivity index is 1.43. The zero-order chi connectivity index (χ0) is 21.3. The molecule has 3 rings (SSSR count). The molecule has 0 N–H and O–H groups in total. The summed E-state index contributed by atoms with van der Waals surface area (Å²) in [5.41, 5.74) is 0.531. The Morgan fingerprint density at radius 2 is 1.57 bits per heavy atom. The number of rotatable bonds is 6. The normalized spacial score (nSPS) is 17.5. The fourth-order valence-corrected chi connectivity index (χ4v) is 4.21. The smallest absolute Gasteiger partial charge is 0.434 e. The lowest BCUT2D eigenvalue weighted by molar-refractivity contribution is -0.133. The summed E-state index contributed by atoms with van der Waals surface area (Å²) in [7, 11) is 0. The summed E-state index contributed by atoms with van der Waals surface area (Å²) in [6.45, 7) is 4.18. The molecule has 2 amide bonds. The first kappa shape index (κ1) is 22.1. The second-order valence-electron chi connectivity index (χ2n) is 8.03. The molecule has 0 bridgehead atoms. The highest BCUT2D eigenvalue weighted by Gasteiger charge is 2.25. The van der Waals surface area contributed by atoms with Gasteiger partial charge in [0.2, 0.25) is 5.91 Å². The van der Waals surface area contributed by atoms with Gasteiger partial charge in [-0.15, -0.1) is 0 Å². The van der Waals surface area contributed by atoms with Crippen LogP contribution in [0.4, 0.5) is 4.79 Å². The molecule has 1 aromatic carbocycles. The average molecular weight is 417 g/mol. The molecule has 1 aliphatic carbocycles. The van der Waals surface area contributed by atoms with Gasteiger partial charge < -0.3 is 19.3 Å². The van der Waals surface area contributed by atoms with Crippen LogP contribution in [-0.4, -0.2) is 60.6 Å². The number of hydrogen-bond acceptors (Lipinski definition) is 5. The number of piperazine rings is 1. The predicted molar refractivity (Wildman–Crippen MR) is 112 cm³/mol. The maximum Gasteiger partial charge on any atom is 0.513 e. The van der Waals surface area contributed by atoms with Gasteiger partial charge in [-0.25, -0.2) is 4.79 Å². The highest BCUT2D eigenvalue weighted by atomic mass is 16.7. The minimum absolute atomic E-state index is 0.0769. The van der Waals surface area contributed by atoms with Crippen LogP contribution < -0.4 is 4.74 Å². The van der Waals surface area contributed by atoms with E-state index in [0.29, 0.717) is 49.8 Å². The Bertz CT molecular complexity index is 720. The number of carbonyl (C=O) groups excluding carboxylic acids is 3.